The monoisotopic (exact) mass is 153 g/mol. The summed E-state index contributed by atoms with van der Waals surface area (Å²) in [7, 11) is 0. The average molecular weight is 153 g/mol. The Hall–Kier alpha value is -1.67. The predicted octanol–water partition coefficient (Wildman–Crippen LogP) is 0.913. The number of hydrogen-bond donors (Lipinski definition) is 0. The quantitative estimate of drug-likeness (QED) is 0.151. The minimum absolute atomic E-state index is 0.194. The Morgan fingerprint density at radius 3 is 2.82 bits per heavy atom. The topological polar surface area (TPSA) is 55.7 Å². The second-order valence-corrected chi connectivity index (χ2v) is 1.66. The van der Waals surface area contributed by atoms with Crippen LogP contribution in [0.5, 0.6) is 0 Å². The first-order chi connectivity index (χ1) is 5.22. The van der Waals surface area contributed by atoms with Gasteiger partial charge in [0.2, 0.25) is 0 Å². The molecule has 0 radical (unpaired) electrons. The van der Waals surface area contributed by atoms with E-state index >= 15 is 0 Å². The molecule has 0 aliphatic heterocycles. The molecule has 58 valence electrons. The minimum Gasteiger partial charge on any atom is -0.302 e. The summed E-state index contributed by atoms with van der Waals surface area (Å²) in [5, 5.41) is 2.62. The molecule has 4 nitrogen and oxygen atoms in total. The molecule has 0 bridgehead atoms. The van der Waals surface area contributed by atoms with Gasteiger partial charge in [0.05, 0.1) is 0 Å². The highest BCUT2D eigenvalue weighted by Crippen LogP contribution is 2.00. The molecule has 0 atom stereocenters. The zero-order valence-corrected chi connectivity index (χ0v) is 5.87. The Balaban J connectivity index is 3.92. The standard InChI is InChI=1S/C7H7NO3/c1-3-4-6(2)7(10)11-8-5-9/h3H,1-2,4H2. The van der Waals surface area contributed by atoms with Crippen molar-refractivity contribution in [2.24, 2.45) is 5.16 Å². The van der Waals surface area contributed by atoms with Crippen LogP contribution >= 0.6 is 0 Å². The summed E-state index contributed by atoms with van der Waals surface area (Å²) in [5.41, 5.74) is 0.194. The molecule has 0 N–H and O–H groups in total. The number of isocyanates is 1. The van der Waals surface area contributed by atoms with E-state index in [1.807, 2.05) is 0 Å². The van der Waals surface area contributed by atoms with E-state index in [0.717, 1.165) is 6.08 Å². The molecule has 0 aliphatic rings. The van der Waals surface area contributed by atoms with Crippen molar-refractivity contribution in [3.05, 3.63) is 24.8 Å². The number of hydrogen-bond acceptors (Lipinski definition) is 4. The smallest absolute Gasteiger partial charge is 0.302 e. The van der Waals surface area contributed by atoms with Crippen LogP contribution in [0, 0.1) is 0 Å². The highest BCUT2D eigenvalue weighted by molar-refractivity contribution is 5.87. The van der Waals surface area contributed by atoms with Crippen LogP contribution in [0.2, 0.25) is 0 Å². The molecule has 0 spiro atoms. The van der Waals surface area contributed by atoms with Gasteiger partial charge in [0.15, 0.2) is 0 Å². The van der Waals surface area contributed by atoms with Crippen molar-refractivity contribution in [1.82, 2.24) is 0 Å². The zero-order valence-electron chi connectivity index (χ0n) is 5.87. The first-order valence-corrected chi connectivity index (χ1v) is 2.79. The summed E-state index contributed by atoms with van der Waals surface area (Å²) >= 11 is 0. The van der Waals surface area contributed by atoms with Crippen molar-refractivity contribution in [3.63, 3.8) is 0 Å². The summed E-state index contributed by atoms with van der Waals surface area (Å²) in [6.07, 6.45) is 2.87. The summed E-state index contributed by atoms with van der Waals surface area (Å²) in [6.45, 7) is 6.75. The van der Waals surface area contributed by atoms with Crippen LogP contribution in [0.15, 0.2) is 30.0 Å². The van der Waals surface area contributed by atoms with Crippen molar-refractivity contribution in [3.8, 4) is 0 Å². The van der Waals surface area contributed by atoms with E-state index in [1.54, 1.807) is 0 Å². The van der Waals surface area contributed by atoms with Gasteiger partial charge in [-0.25, -0.2) is 9.59 Å². The fraction of sp³-hybridized carbons (Fsp3) is 0.143. The van der Waals surface area contributed by atoms with E-state index in [-0.39, 0.29) is 5.57 Å². The number of carbonyl (C=O) groups is 1. The molecular formula is C7H7NO3. The summed E-state index contributed by atoms with van der Waals surface area (Å²) < 4.78 is 0. The van der Waals surface area contributed by atoms with Gasteiger partial charge in [-0.2, -0.15) is 0 Å². The molecule has 4 heteroatoms. The maximum absolute atomic E-state index is 10.6. The number of nitrogens with zero attached hydrogens (tertiary/aromatic N) is 1. The molecule has 0 rings (SSSR count). The Kier molecular flexibility index (Phi) is 4.36. The highest BCUT2D eigenvalue weighted by Gasteiger charge is 2.05. The van der Waals surface area contributed by atoms with Gasteiger partial charge in [0.25, 0.3) is 6.08 Å². The van der Waals surface area contributed by atoms with Crippen LogP contribution in [0.1, 0.15) is 6.42 Å². The zero-order chi connectivity index (χ0) is 8.69. The van der Waals surface area contributed by atoms with E-state index in [4.69, 9.17) is 0 Å². The van der Waals surface area contributed by atoms with Crippen molar-refractivity contribution < 1.29 is 14.4 Å². The lowest BCUT2D eigenvalue weighted by atomic mass is 10.2. The lowest BCUT2D eigenvalue weighted by Gasteiger charge is -1.94. The van der Waals surface area contributed by atoms with Gasteiger partial charge < -0.3 is 4.84 Å². The summed E-state index contributed by atoms with van der Waals surface area (Å²) in [4.78, 5) is 24.1. The molecule has 0 aliphatic carbocycles. The van der Waals surface area contributed by atoms with Gasteiger partial charge in [0, 0.05) is 10.7 Å². The van der Waals surface area contributed by atoms with Crippen molar-refractivity contribution >= 4 is 12.0 Å². The third-order valence-corrected chi connectivity index (χ3v) is 0.845. The Morgan fingerprint density at radius 1 is 1.73 bits per heavy atom. The Labute approximate surface area is 63.8 Å². The van der Waals surface area contributed by atoms with E-state index in [9.17, 15) is 9.59 Å². The molecule has 0 amide bonds. The Morgan fingerprint density at radius 2 is 2.36 bits per heavy atom. The summed E-state index contributed by atoms with van der Waals surface area (Å²) in [6, 6.07) is 0. The molecule has 0 aromatic rings. The van der Waals surface area contributed by atoms with Gasteiger partial charge >= 0.3 is 5.97 Å². The molecule has 0 fully saturated rings. The third kappa shape index (κ3) is 3.83. The molecule has 0 saturated heterocycles. The molecular weight excluding hydrogens is 146 g/mol. The average Bonchev–Trinajstić information content (AvgIpc) is 2.00. The van der Waals surface area contributed by atoms with Gasteiger partial charge in [0.1, 0.15) is 0 Å². The lowest BCUT2D eigenvalue weighted by molar-refractivity contribution is -0.139. The Bertz CT molecular complexity index is 226. The normalized spacial score (nSPS) is 7.64. The van der Waals surface area contributed by atoms with E-state index in [0.29, 0.717) is 6.42 Å². The SMILES string of the molecule is C=CCC(=C)C(=O)ON=C=O. The van der Waals surface area contributed by atoms with Crippen molar-refractivity contribution in [2.45, 2.75) is 6.42 Å². The first kappa shape index (κ1) is 9.33. The molecule has 11 heavy (non-hydrogen) atoms. The number of rotatable bonds is 4. The van der Waals surface area contributed by atoms with E-state index in [1.165, 1.54) is 6.08 Å². The van der Waals surface area contributed by atoms with Crippen LogP contribution < -0.4 is 0 Å². The maximum atomic E-state index is 10.6. The molecule has 0 heterocycles. The van der Waals surface area contributed by atoms with Crippen molar-refractivity contribution in [2.75, 3.05) is 0 Å². The fourth-order valence-corrected chi connectivity index (χ4v) is 0.382. The summed E-state index contributed by atoms with van der Waals surface area (Å²) in [5.74, 6) is -0.742. The van der Waals surface area contributed by atoms with Crippen LogP contribution in [0.25, 0.3) is 0 Å². The third-order valence-electron chi connectivity index (χ3n) is 0.845. The van der Waals surface area contributed by atoms with Crippen LogP contribution in [0.4, 0.5) is 0 Å². The van der Waals surface area contributed by atoms with E-state index in [2.05, 4.69) is 23.2 Å². The van der Waals surface area contributed by atoms with E-state index < -0.39 is 5.97 Å². The van der Waals surface area contributed by atoms with Crippen LogP contribution in [0.3, 0.4) is 0 Å². The van der Waals surface area contributed by atoms with Crippen LogP contribution in [-0.2, 0) is 14.4 Å². The largest absolute Gasteiger partial charge is 0.362 e. The molecule has 0 aromatic heterocycles. The predicted molar refractivity (Wildman–Crippen MR) is 38.2 cm³/mol. The first-order valence-electron chi connectivity index (χ1n) is 2.79. The fourth-order valence-electron chi connectivity index (χ4n) is 0.382. The molecule has 0 unspecified atom stereocenters. The molecule has 0 aromatic carbocycles. The minimum atomic E-state index is -0.742. The highest BCUT2D eigenvalue weighted by atomic mass is 16.7. The van der Waals surface area contributed by atoms with Gasteiger partial charge in [-0.3, -0.25) is 0 Å². The van der Waals surface area contributed by atoms with Gasteiger partial charge in [-0.1, -0.05) is 12.7 Å². The molecule has 0 saturated carbocycles. The van der Waals surface area contributed by atoms with Crippen molar-refractivity contribution in [1.29, 1.82) is 0 Å². The number of allylic oxidation sites excluding steroid dienone is 1. The van der Waals surface area contributed by atoms with Gasteiger partial charge in [-0.05, 0) is 6.42 Å². The second-order valence-electron chi connectivity index (χ2n) is 1.66. The maximum Gasteiger partial charge on any atom is 0.362 e. The second kappa shape index (κ2) is 5.14. The van der Waals surface area contributed by atoms with Gasteiger partial charge in [-0.15, -0.1) is 6.58 Å². The van der Waals surface area contributed by atoms with Crippen LogP contribution in [-0.4, -0.2) is 12.0 Å². The lowest BCUT2D eigenvalue weighted by Crippen LogP contribution is -2.01. The number of carbonyl (C=O) groups excluding carboxylic acids is 2.